The van der Waals surface area contributed by atoms with Crippen molar-refractivity contribution < 1.29 is 14.7 Å². The molecule has 0 aliphatic rings. The second-order valence-electron chi connectivity index (χ2n) is 1.62. The van der Waals surface area contributed by atoms with Crippen molar-refractivity contribution in [1.82, 2.24) is 6.15 Å². The first kappa shape index (κ1) is 11.6. The number of primary amides is 1. The van der Waals surface area contributed by atoms with E-state index < -0.39 is 17.9 Å². The first-order valence-corrected chi connectivity index (χ1v) is 2.30. The molecule has 0 spiro atoms. The first-order valence-electron chi connectivity index (χ1n) is 2.30. The topological polar surface area (TPSA) is 143 Å². The number of carboxylic acid groups (broad SMARTS) is 1. The summed E-state index contributed by atoms with van der Waals surface area (Å²) in [5.74, 6) is -1.92. The second kappa shape index (κ2) is 4.71. The summed E-state index contributed by atoms with van der Waals surface area (Å²) in [6.45, 7) is 0. The SMILES string of the molecule is NC(=O)CC(N)C(=O)O.[NH4+]. The maximum atomic E-state index is 9.99. The number of aliphatic carboxylic acids is 1. The molecule has 60 valence electrons. The predicted octanol–water partition coefficient (Wildman–Crippen LogP) is -1.35. The average Bonchev–Trinajstić information content (AvgIpc) is 1.63. The molecular formula is C4H12N3O3+. The molecule has 0 aliphatic heterocycles. The molecule has 6 nitrogen and oxygen atoms in total. The van der Waals surface area contributed by atoms with Crippen molar-refractivity contribution in [3.8, 4) is 0 Å². The average molecular weight is 150 g/mol. The molecule has 10 heavy (non-hydrogen) atoms. The van der Waals surface area contributed by atoms with E-state index in [1.807, 2.05) is 0 Å². The number of carbonyl (C=O) groups excluding carboxylic acids is 1. The maximum Gasteiger partial charge on any atom is 0.321 e. The van der Waals surface area contributed by atoms with Crippen LogP contribution >= 0.6 is 0 Å². The highest BCUT2D eigenvalue weighted by atomic mass is 16.4. The van der Waals surface area contributed by atoms with Crippen LogP contribution in [-0.2, 0) is 9.59 Å². The largest absolute Gasteiger partial charge is 0.480 e. The number of nitrogens with two attached hydrogens (primary N) is 2. The third-order valence-electron chi connectivity index (χ3n) is 0.738. The fourth-order valence-electron chi connectivity index (χ4n) is 0.304. The molecule has 0 rings (SSSR count). The summed E-state index contributed by atoms with van der Waals surface area (Å²) in [5, 5.41) is 8.10. The number of quaternary nitrogens is 1. The molecule has 1 unspecified atom stereocenters. The molecule has 1 atom stereocenters. The zero-order chi connectivity index (χ0) is 7.44. The Balaban J connectivity index is 0. The van der Waals surface area contributed by atoms with Crippen molar-refractivity contribution in [3.63, 3.8) is 0 Å². The number of rotatable bonds is 3. The van der Waals surface area contributed by atoms with Gasteiger partial charge < -0.3 is 22.7 Å². The van der Waals surface area contributed by atoms with Crippen LogP contribution in [-0.4, -0.2) is 23.0 Å². The van der Waals surface area contributed by atoms with Crippen molar-refractivity contribution in [3.05, 3.63) is 0 Å². The minimum Gasteiger partial charge on any atom is -0.480 e. The van der Waals surface area contributed by atoms with E-state index in [9.17, 15) is 9.59 Å². The Bertz CT molecular complexity index is 136. The van der Waals surface area contributed by atoms with Crippen LogP contribution in [0.3, 0.4) is 0 Å². The zero-order valence-electron chi connectivity index (χ0n) is 5.70. The van der Waals surface area contributed by atoms with Crippen LogP contribution < -0.4 is 17.6 Å². The smallest absolute Gasteiger partial charge is 0.321 e. The number of carbonyl (C=O) groups is 2. The molecular weight excluding hydrogens is 138 g/mol. The van der Waals surface area contributed by atoms with Gasteiger partial charge in [-0.05, 0) is 0 Å². The molecule has 0 aromatic heterocycles. The van der Waals surface area contributed by atoms with Crippen molar-refractivity contribution in [2.45, 2.75) is 12.5 Å². The van der Waals surface area contributed by atoms with Gasteiger partial charge in [0.1, 0.15) is 6.04 Å². The van der Waals surface area contributed by atoms with Crippen LogP contribution in [0, 0.1) is 0 Å². The van der Waals surface area contributed by atoms with Gasteiger partial charge in [0.25, 0.3) is 0 Å². The van der Waals surface area contributed by atoms with E-state index in [1.54, 1.807) is 0 Å². The maximum absolute atomic E-state index is 9.99. The van der Waals surface area contributed by atoms with Crippen molar-refractivity contribution in [2.75, 3.05) is 0 Å². The number of carboxylic acids is 1. The summed E-state index contributed by atoms with van der Waals surface area (Å²) in [4.78, 5) is 19.9. The van der Waals surface area contributed by atoms with Crippen molar-refractivity contribution in [1.29, 1.82) is 0 Å². The Morgan fingerprint density at radius 2 is 1.90 bits per heavy atom. The van der Waals surface area contributed by atoms with Gasteiger partial charge in [-0.25, -0.2) is 0 Å². The fraction of sp³-hybridized carbons (Fsp3) is 0.500. The van der Waals surface area contributed by atoms with Crippen molar-refractivity contribution in [2.24, 2.45) is 11.5 Å². The number of hydrogen-bond acceptors (Lipinski definition) is 3. The van der Waals surface area contributed by atoms with Gasteiger partial charge in [-0.1, -0.05) is 0 Å². The van der Waals surface area contributed by atoms with E-state index in [-0.39, 0.29) is 12.6 Å². The summed E-state index contributed by atoms with van der Waals surface area (Å²) in [6.07, 6.45) is -0.310. The minimum absolute atomic E-state index is 0. The third-order valence-corrected chi connectivity index (χ3v) is 0.738. The van der Waals surface area contributed by atoms with E-state index in [2.05, 4.69) is 5.73 Å². The monoisotopic (exact) mass is 150 g/mol. The summed E-state index contributed by atoms with van der Waals surface area (Å²) in [7, 11) is 0. The first-order chi connectivity index (χ1) is 4.04. The molecule has 0 saturated heterocycles. The Morgan fingerprint density at radius 3 is 2.00 bits per heavy atom. The predicted molar refractivity (Wildman–Crippen MR) is 35.4 cm³/mol. The quantitative estimate of drug-likeness (QED) is 0.394. The van der Waals surface area contributed by atoms with Gasteiger partial charge in [0.15, 0.2) is 0 Å². The molecule has 6 heteroatoms. The molecule has 0 bridgehead atoms. The van der Waals surface area contributed by atoms with E-state index in [0.29, 0.717) is 0 Å². The van der Waals surface area contributed by atoms with E-state index in [1.165, 1.54) is 0 Å². The van der Waals surface area contributed by atoms with Crippen LogP contribution in [0.5, 0.6) is 0 Å². The summed E-state index contributed by atoms with van der Waals surface area (Å²) < 4.78 is 0. The molecule has 0 aromatic rings. The summed E-state index contributed by atoms with van der Waals surface area (Å²) >= 11 is 0. The van der Waals surface area contributed by atoms with Crippen LogP contribution in [0.2, 0.25) is 0 Å². The van der Waals surface area contributed by atoms with Gasteiger partial charge in [0.05, 0.1) is 6.42 Å². The van der Waals surface area contributed by atoms with Gasteiger partial charge >= 0.3 is 5.97 Å². The molecule has 0 radical (unpaired) electrons. The zero-order valence-corrected chi connectivity index (χ0v) is 5.70. The van der Waals surface area contributed by atoms with Crippen LogP contribution in [0.4, 0.5) is 0 Å². The van der Waals surface area contributed by atoms with Crippen LogP contribution in [0.15, 0.2) is 0 Å². The molecule has 9 N–H and O–H groups in total. The lowest BCUT2D eigenvalue weighted by atomic mass is 10.2. The van der Waals surface area contributed by atoms with Gasteiger partial charge in [-0.3, -0.25) is 9.59 Å². The van der Waals surface area contributed by atoms with E-state index in [0.717, 1.165) is 0 Å². The summed E-state index contributed by atoms with van der Waals surface area (Å²) in [6, 6.07) is -1.16. The fourth-order valence-corrected chi connectivity index (χ4v) is 0.304. The molecule has 1 amide bonds. The Hall–Kier alpha value is -1.14. The summed E-state index contributed by atoms with van der Waals surface area (Å²) in [5.41, 5.74) is 9.57. The lowest BCUT2D eigenvalue weighted by Gasteiger charge is -1.99. The molecule has 0 fully saturated rings. The number of amides is 1. The minimum atomic E-state index is -1.21. The number of hydrogen-bond donors (Lipinski definition) is 4. The van der Waals surface area contributed by atoms with Crippen molar-refractivity contribution >= 4 is 11.9 Å². The molecule has 0 saturated carbocycles. The van der Waals surface area contributed by atoms with Crippen LogP contribution in [0.25, 0.3) is 0 Å². The highest BCUT2D eigenvalue weighted by Crippen LogP contribution is 1.84. The second-order valence-corrected chi connectivity index (χ2v) is 1.62. The standard InChI is InChI=1S/C4H8N2O3.H3N/c5-2(4(8)9)1-3(6)7;/h2H,1,5H2,(H2,6,7)(H,8,9);1H3/p+1. The lowest BCUT2D eigenvalue weighted by molar-refractivity contribution is -0.140. The molecule has 0 heterocycles. The highest BCUT2D eigenvalue weighted by molar-refractivity contribution is 5.82. The van der Waals surface area contributed by atoms with E-state index >= 15 is 0 Å². The van der Waals surface area contributed by atoms with E-state index in [4.69, 9.17) is 10.8 Å². The van der Waals surface area contributed by atoms with Gasteiger partial charge in [-0.15, -0.1) is 0 Å². The highest BCUT2D eigenvalue weighted by Gasteiger charge is 2.13. The Kier molecular flexibility index (Phi) is 5.48. The van der Waals surface area contributed by atoms with Gasteiger partial charge in [-0.2, -0.15) is 0 Å². The Labute approximate surface area is 57.8 Å². The third kappa shape index (κ3) is 5.01. The molecule has 0 aromatic carbocycles. The lowest BCUT2D eigenvalue weighted by Crippen LogP contribution is -2.34. The normalized spacial score (nSPS) is 11.3. The van der Waals surface area contributed by atoms with Crippen LogP contribution in [0.1, 0.15) is 6.42 Å². The molecule has 0 aliphatic carbocycles. The Morgan fingerprint density at radius 1 is 1.50 bits per heavy atom. The van der Waals surface area contributed by atoms with Gasteiger partial charge in [0.2, 0.25) is 5.91 Å². The van der Waals surface area contributed by atoms with Gasteiger partial charge in [0, 0.05) is 0 Å².